The van der Waals surface area contributed by atoms with Crippen LogP contribution in [0.1, 0.15) is 29.4 Å². The minimum absolute atomic E-state index is 0.0611. The topological polar surface area (TPSA) is 143 Å². The molecule has 1 aromatic heterocycles. The van der Waals surface area contributed by atoms with E-state index < -0.39 is 22.7 Å². The highest BCUT2D eigenvalue weighted by atomic mass is 79.9. The van der Waals surface area contributed by atoms with Gasteiger partial charge in [-0.15, -0.1) is 0 Å². The summed E-state index contributed by atoms with van der Waals surface area (Å²) in [6.07, 6.45) is 0.394. The molecule has 2 aromatic rings. The fourth-order valence-corrected chi connectivity index (χ4v) is 3.70. The Hall–Kier alpha value is -3.81. The minimum atomic E-state index is -2.17. The van der Waals surface area contributed by atoms with Crippen LogP contribution in [0.15, 0.2) is 39.8 Å². The number of aromatic nitrogens is 1. The van der Waals surface area contributed by atoms with E-state index in [-0.39, 0.29) is 21.7 Å². The van der Waals surface area contributed by atoms with Gasteiger partial charge >= 0.3 is 0 Å². The molecule has 1 aromatic carbocycles. The molecule has 1 atom stereocenters. The van der Waals surface area contributed by atoms with Crippen LogP contribution >= 0.6 is 15.9 Å². The highest BCUT2D eigenvalue weighted by molar-refractivity contribution is 9.10. The number of likely N-dealkylation sites (N-methyl/N-ethyl adjacent to an activating group) is 1. The second-order valence-corrected chi connectivity index (χ2v) is 7.70. The number of amides is 1. The molecule has 3 rings (SSSR count). The van der Waals surface area contributed by atoms with Gasteiger partial charge in [-0.1, -0.05) is 13.0 Å². The Bertz CT molecular complexity index is 1220. The number of aryl methyl sites for hydroxylation is 1. The van der Waals surface area contributed by atoms with E-state index in [1.165, 1.54) is 31.3 Å². The molecule has 1 aliphatic rings. The third-order valence-corrected chi connectivity index (χ3v) is 5.73. The number of nitrogens with zero attached hydrogens (tertiary/aromatic N) is 6. The van der Waals surface area contributed by atoms with E-state index >= 15 is 0 Å². The lowest BCUT2D eigenvalue weighted by Gasteiger charge is -2.27. The van der Waals surface area contributed by atoms with Gasteiger partial charge in [0.25, 0.3) is 11.3 Å². The summed E-state index contributed by atoms with van der Waals surface area (Å²) in [6.45, 7) is 1.80. The predicted molar refractivity (Wildman–Crippen MR) is 111 cm³/mol. The molecule has 0 radical (unpaired) electrons. The van der Waals surface area contributed by atoms with Gasteiger partial charge in [-0.3, -0.25) is 14.7 Å². The summed E-state index contributed by atoms with van der Waals surface area (Å²) in [6, 6.07) is 12.0. The van der Waals surface area contributed by atoms with Crippen LogP contribution < -0.4 is 5.73 Å². The summed E-state index contributed by atoms with van der Waals surface area (Å²) >= 11 is 3.13. The van der Waals surface area contributed by atoms with Crippen LogP contribution in [0.2, 0.25) is 0 Å². The van der Waals surface area contributed by atoms with Crippen LogP contribution in [0.4, 0.5) is 4.39 Å². The predicted octanol–water partition coefficient (Wildman–Crippen LogP) is 2.38. The van der Waals surface area contributed by atoms with E-state index in [0.717, 1.165) is 4.90 Å². The monoisotopic (exact) mass is 479 g/mol. The standard InChI is InChI=1S/C21H15BrFN7O/c1-3-14-6-13(8-17(28-14)20(9-24,10-25)11-26)21(18(31)30(2)19(27)29-21)12-4-5-16(23)15(22)7-12/h4-8H,3H2,1-2H3,(H2,27,29). The van der Waals surface area contributed by atoms with Crippen LogP contribution in [0, 0.1) is 39.8 Å². The van der Waals surface area contributed by atoms with Crippen molar-refractivity contribution in [3.8, 4) is 18.2 Å². The van der Waals surface area contributed by atoms with Crippen molar-refractivity contribution in [2.24, 2.45) is 10.7 Å². The van der Waals surface area contributed by atoms with Crippen LogP contribution in [-0.4, -0.2) is 28.8 Å². The number of carbonyl (C=O) groups is 1. The molecule has 0 fully saturated rings. The van der Waals surface area contributed by atoms with Gasteiger partial charge in [-0.2, -0.15) is 15.8 Å². The molecular weight excluding hydrogens is 465 g/mol. The zero-order valence-corrected chi connectivity index (χ0v) is 18.1. The Labute approximate surface area is 186 Å². The van der Waals surface area contributed by atoms with Crippen LogP contribution in [0.3, 0.4) is 0 Å². The van der Waals surface area contributed by atoms with Crippen molar-refractivity contribution in [1.82, 2.24) is 9.88 Å². The van der Waals surface area contributed by atoms with Gasteiger partial charge in [0.15, 0.2) is 11.5 Å². The van der Waals surface area contributed by atoms with E-state index in [0.29, 0.717) is 17.7 Å². The first kappa shape index (κ1) is 21.9. The Kier molecular flexibility index (Phi) is 5.50. The first-order valence-corrected chi connectivity index (χ1v) is 9.83. The number of hydrogen-bond donors (Lipinski definition) is 1. The van der Waals surface area contributed by atoms with Crippen molar-refractivity contribution in [2.75, 3.05) is 7.05 Å². The van der Waals surface area contributed by atoms with Crippen LogP contribution in [0.25, 0.3) is 0 Å². The number of nitrogens with two attached hydrogens (primary N) is 1. The Morgan fingerprint density at radius 2 is 1.84 bits per heavy atom. The van der Waals surface area contributed by atoms with E-state index in [1.807, 2.05) is 0 Å². The second kappa shape index (κ2) is 7.79. The number of pyridine rings is 1. The molecule has 31 heavy (non-hydrogen) atoms. The Morgan fingerprint density at radius 1 is 1.19 bits per heavy atom. The van der Waals surface area contributed by atoms with Crippen molar-refractivity contribution in [3.05, 3.63) is 63.1 Å². The number of benzene rings is 1. The molecule has 0 bridgehead atoms. The lowest BCUT2D eigenvalue weighted by Crippen LogP contribution is -2.41. The highest BCUT2D eigenvalue weighted by Gasteiger charge is 2.50. The molecule has 2 N–H and O–H groups in total. The third-order valence-electron chi connectivity index (χ3n) is 5.12. The van der Waals surface area contributed by atoms with Gasteiger partial charge in [0.05, 0.1) is 10.2 Å². The Balaban J connectivity index is 2.42. The number of aliphatic imine (C=N–C) groups is 1. The number of halogens is 2. The maximum Gasteiger partial charge on any atom is 0.269 e. The number of guanidine groups is 1. The summed E-state index contributed by atoms with van der Waals surface area (Å²) in [7, 11) is 1.45. The lowest BCUT2D eigenvalue weighted by atomic mass is 9.80. The fraction of sp³-hybridized carbons (Fsp3) is 0.238. The van der Waals surface area contributed by atoms with Gasteiger partial charge in [0.2, 0.25) is 0 Å². The molecule has 0 saturated heterocycles. The van der Waals surface area contributed by atoms with Gasteiger partial charge < -0.3 is 5.73 Å². The number of nitriles is 3. The van der Waals surface area contributed by atoms with Gasteiger partial charge in [0.1, 0.15) is 24.0 Å². The van der Waals surface area contributed by atoms with Crippen molar-refractivity contribution in [3.63, 3.8) is 0 Å². The van der Waals surface area contributed by atoms with Gasteiger partial charge in [-0.25, -0.2) is 9.38 Å². The summed E-state index contributed by atoms with van der Waals surface area (Å²) in [5.74, 6) is -1.11. The fourth-order valence-electron chi connectivity index (χ4n) is 3.32. The Morgan fingerprint density at radius 3 is 2.32 bits per heavy atom. The molecule has 8 nitrogen and oxygen atoms in total. The first-order chi connectivity index (χ1) is 14.7. The minimum Gasteiger partial charge on any atom is -0.369 e. The van der Waals surface area contributed by atoms with Gasteiger partial charge in [0, 0.05) is 12.7 Å². The van der Waals surface area contributed by atoms with E-state index in [9.17, 15) is 25.0 Å². The molecule has 0 spiro atoms. The maximum atomic E-state index is 13.9. The largest absolute Gasteiger partial charge is 0.369 e. The zero-order valence-electron chi connectivity index (χ0n) is 16.5. The van der Waals surface area contributed by atoms with E-state index in [2.05, 4.69) is 25.9 Å². The molecule has 1 amide bonds. The second-order valence-electron chi connectivity index (χ2n) is 6.84. The van der Waals surface area contributed by atoms with E-state index in [1.54, 1.807) is 31.2 Å². The SMILES string of the molecule is CCc1cc(C2(c3ccc(F)c(Br)c3)N=C(N)N(C)C2=O)cc(C(C#N)(C#N)C#N)n1. The summed E-state index contributed by atoms with van der Waals surface area (Å²) in [5, 5.41) is 28.6. The molecule has 0 aliphatic carbocycles. The number of carbonyl (C=O) groups excluding carboxylic acids is 1. The third kappa shape index (κ3) is 3.20. The van der Waals surface area contributed by atoms with Gasteiger partial charge in [-0.05, 0) is 57.7 Å². The lowest BCUT2D eigenvalue weighted by molar-refractivity contribution is -0.129. The summed E-state index contributed by atoms with van der Waals surface area (Å²) in [5.41, 5.74) is 2.97. The smallest absolute Gasteiger partial charge is 0.269 e. The zero-order chi connectivity index (χ0) is 23.0. The highest BCUT2D eigenvalue weighted by Crippen LogP contribution is 2.41. The van der Waals surface area contributed by atoms with Crippen molar-refractivity contribution < 1.29 is 9.18 Å². The van der Waals surface area contributed by atoms with Crippen molar-refractivity contribution in [2.45, 2.75) is 24.3 Å². The maximum absolute atomic E-state index is 13.9. The van der Waals surface area contributed by atoms with Crippen molar-refractivity contribution >= 4 is 27.8 Å². The normalized spacial score (nSPS) is 18.2. The number of hydrogen-bond acceptors (Lipinski definition) is 7. The molecule has 10 heteroatoms. The molecule has 2 heterocycles. The van der Waals surface area contributed by atoms with E-state index in [4.69, 9.17) is 5.73 Å². The molecule has 1 unspecified atom stereocenters. The summed E-state index contributed by atoms with van der Waals surface area (Å²) in [4.78, 5) is 23.3. The quantitative estimate of drug-likeness (QED) is 0.712. The molecule has 0 saturated carbocycles. The molecular formula is C21H15BrFN7O. The number of rotatable bonds is 4. The van der Waals surface area contributed by atoms with Crippen LogP contribution in [-0.2, 0) is 22.2 Å². The summed E-state index contributed by atoms with van der Waals surface area (Å²) < 4.78 is 14.0. The first-order valence-electron chi connectivity index (χ1n) is 9.03. The average molecular weight is 480 g/mol. The molecule has 154 valence electrons. The van der Waals surface area contributed by atoms with Crippen molar-refractivity contribution in [1.29, 1.82) is 15.8 Å². The molecule has 1 aliphatic heterocycles. The average Bonchev–Trinajstić information content (AvgIpc) is 3.02. The van der Waals surface area contributed by atoms with Crippen LogP contribution in [0.5, 0.6) is 0 Å².